The van der Waals surface area contributed by atoms with Crippen molar-refractivity contribution >= 4 is 17.3 Å². The number of aliphatic imine (C=N–C) groups is 1. The summed E-state index contributed by atoms with van der Waals surface area (Å²) < 4.78 is 1.79. The predicted molar refractivity (Wildman–Crippen MR) is 74.6 cm³/mol. The van der Waals surface area contributed by atoms with Gasteiger partial charge in [0, 0.05) is 24.7 Å². The van der Waals surface area contributed by atoms with E-state index in [4.69, 9.17) is 5.73 Å². The first-order valence-corrected chi connectivity index (χ1v) is 6.67. The van der Waals surface area contributed by atoms with Crippen molar-refractivity contribution in [2.75, 3.05) is 6.54 Å². The van der Waals surface area contributed by atoms with Gasteiger partial charge in [0.1, 0.15) is 0 Å². The standard InChI is InChI=1S/C12H17N5S/c1-17-10(4-7-16-17)9-15-12(13)14-6-5-11-3-2-8-18-11/h2-4,7-8H,5-6,9H2,1H3,(H3,13,14,15). The second-order valence-corrected chi connectivity index (χ2v) is 4.94. The highest BCUT2D eigenvalue weighted by molar-refractivity contribution is 7.09. The van der Waals surface area contributed by atoms with E-state index in [9.17, 15) is 0 Å². The lowest BCUT2D eigenvalue weighted by Crippen LogP contribution is -2.33. The SMILES string of the molecule is Cn1nccc1CN=C(N)NCCc1cccs1. The fourth-order valence-electron chi connectivity index (χ4n) is 1.55. The van der Waals surface area contributed by atoms with Gasteiger partial charge in [-0.15, -0.1) is 11.3 Å². The molecule has 0 amide bonds. The quantitative estimate of drug-likeness (QED) is 0.627. The number of hydrogen-bond donors (Lipinski definition) is 2. The summed E-state index contributed by atoms with van der Waals surface area (Å²) in [5.74, 6) is 0.479. The molecule has 0 saturated carbocycles. The van der Waals surface area contributed by atoms with Crippen molar-refractivity contribution in [3.05, 3.63) is 40.3 Å². The average Bonchev–Trinajstić information content (AvgIpc) is 2.98. The molecule has 0 aliphatic rings. The third kappa shape index (κ3) is 3.59. The molecule has 0 fully saturated rings. The van der Waals surface area contributed by atoms with Crippen LogP contribution in [0, 0.1) is 0 Å². The minimum atomic E-state index is 0.479. The Morgan fingerprint density at radius 2 is 2.44 bits per heavy atom. The number of guanidine groups is 1. The third-order valence-electron chi connectivity index (χ3n) is 2.59. The molecule has 96 valence electrons. The van der Waals surface area contributed by atoms with Crippen molar-refractivity contribution in [3.63, 3.8) is 0 Å². The van der Waals surface area contributed by atoms with E-state index in [1.54, 1.807) is 22.2 Å². The minimum Gasteiger partial charge on any atom is -0.370 e. The summed E-state index contributed by atoms with van der Waals surface area (Å²) in [5, 5.41) is 9.26. The molecule has 0 spiro atoms. The van der Waals surface area contributed by atoms with E-state index in [0.29, 0.717) is 12.5 Å². The van der Waals surface area contributed by atoms with Crippen LogP contribution in [0.2, 0.25) is 0 Å². The van der Waals surface area contributed by atoms with Crippen LogP contribution < -0.4 is 11.1 Å². The molecule has 0 saturated heterocycles. The molecular formula is C12H17N5S. The summed E-state index contributed by atoms with van der Waals surface area (Å²) in [6.07, 6.45) is 2.73. The number of hydrogen-bond acceptors (Lipinski definition) is 3. The Morgan fingerprint density at radius 3 is 3.11 bits per heavy atom. The van der Waals surface area contributed by atoms with Crippen LogP contribution >= 0.6 is 11.3 Å². The maximum Gasteiger partial charge on any atom is 0.188 e. The van der Waals surface area contributed by atoms with Crippen molar-refractivity contribution in [1.82, 2.24) is 15.1 Å². The molecule has 2 aromatic heterocycles. The van der Waals surface area contributed by atoms with Gasteiger partial charge in [0.25, 0.3) is 0 Å². The Labute approximate surface area is 110 Å². The Balaban J connectivity index is 1.74. The molecule has 0 unspecified atom stereocenters. The second kappa shape index (κ2) is 6.20. The van der Waals surface area contributed by atoms with E-state index in [2.05, 4.69) is 32.9 Å². The molecule has 0 radical (unpaired) electrons. The maximum atomic E-state index is 5.79. The van der Waals surface area contributed by atoms with Crippen LogP contribution in [-0.2, 0) is 20.0 Å². The van der Waals surface area contributed by atoms with Gasteiger partial charge in [0.05, 0.1) is 12.2 Å². The zero-order valence-corrected chi connectivity index (χ0v) is 11.2. The summed E-state index contributed by atoms with van der Waals surface area (Å²) in [7, 11) is 1.89. The van der Waals surface area contributed by atoms with Gasteiger partial charge in [-0.2, -0.15) is 5.10 Å². The van der Waals surface area contributed by atoms with E-state index in [-0.39, 0.29) is 0 Å². The van der Waals surface area contributed by atoms with Gasteiger partial charge in [0.15, 0.2) is 5.96 Å². The van der Waals surface area contributed by atoms with Crippen molar-refractivity contribution in [3.8, 4) is 0 Å². The summed E-state index contributed by atoms with van der Waals surface area (Å²) in [5.41, 5.74) is 6.83. The number of nitrogens with zero attached hydrogens (tertiary/aromatic N) is 3. The summed E-state index contributed by atoms with van der Waals surface area (Å²) in [4.78, 5) is 5.62. The van der Waals surface area contributed by atoms with Gasteiger partial charge < -0.3 is 11.1 Å². The normalized spacial score (nSPS) is 11.7. The van der Waals surface area contributed by atoms with Gasteiger partial charge in [0.2, 0.25) is 0 Å². The Morgan fingerprint density at radius 1 is 1.56 bits per heavy atom. The monoisotopic (exact) mass is 263 g/mol. The molecule has 0 bridgehead atoms. The molecule has 2 heterocycles. The molecule has 0 aliphatic heterocycles. The largest absolute Gasteiger partial charge is 0.370 e. The van der Waals surface area contributed by atoms with E-state index in [0.717, 1.165) is 18.7 Å². The first kappa shape index (κ1) is 12.6. The van der Waals surface area contributed by atoms with Gasteiger partial charge >= 0.3 is 0 Å². The number of nitrogens with one attached hydrogen (secondary N) is 1. The fraction of sp³-hybridized carbons (Fsp3) is 0.333. The fourth-order valence-corrected chi connectivity index (χ4v) is 2.26. The van der Waals surface area contributed by atoms with Crippen LogP contribution in [0.25, 0.3) is 0 Å². The summed E-state index contributed by atoms with van der Waals surface area (Å²) >= 11 is 1.76. The Kier molecular flexibility index (Phi) is 4.35. The number of aryl methyl sites for hydroxylation is 1. The zero-order valence-electron chi connectivity index (χ0n) is 10.3. The molecule has 0 aromatic carbocycles. The first-order valence-electron chi connectivity index (χ1n) is 5.79. The first-order chi connectivity index (χ1) is 8.75. The summed E-state index contributed by atoms with van der Waals surface area (Å²) in [6, 6.07) is 6.11. The van der Waals surface area contributed by atoms with Crippen LogP contribution in [0.5, 0.6) is 0 Å². The Hall–Kier alpha value is -1.82. The number of aromatic nitrogens is 2. The highest BCUT2D eigenvalue weighted by Crippen LogP contribution is 2.07. The molecule has 5 nitrogen and oxygen atoms in total. The van der Waals surface area contributed by atoms with E-state index in [1.807, 2.05) is 13.1 Å². The van der Waals surface area contributed by atoms with Crippen molar-refractivity contribution in [2.24, 2.45) is 17.8 Å². The molecule has 2 rings (SSSR count). The van der Waals surface area contributed by atoms with Crippen LogP contribution in [0.3, 0.4) is 0 Å². The topological polar surface area (TPSA) is 68.2 Å². The maximum absolute atomic E-state index is 5.79. The van der Waals surface area contributed by atoms with Crippen LogP contribution in [-0.4, -0.2) is 22.3 Å². The molecule has 2 aromatic rings. The van der Waals surface area contributed by atoms with Crippen LogP contribution in [0.15, 0.2) is 34.8 Å². The highest BCUT2D eigenvalue weighted by Gasteiger charge is 1.98. The minimum absolute atomic E-state index is 0.479. The van der Waals surface area contributed by atoms with Gasteiger partial charge in [-0.25, -0.2) is 4.99 Å². The zero-order chi connectivity index (χ0) is 12.8. The van der Waals surface area contributed by atoms with Gasteiger partial charge in [-0.05, 0) is 23.9 Å². The molecular weight excluding hydrogens is 246 g/mol. The van der Waals surface area contributed by atoms with Crippen molar-refractivity contribution in [2.45, 2.75) is 13.0 Å². The van der Waals surface area contributed by atoms with Gasteiger partial charge in [-0.1, -0.05) is 6.07 Å². The van der Waals surface area contributed by atoms with Crippen molar-refractivity contribution < 1.29 is 0 Å². The van der Waals surface area contributed by atoms with Gasteiger partial charge in [-0.3, -0.25) is 4.68 Å². The van der Waals surface area contributed by atoms with E-state index in [1.165, 1.54) is 4.88 Å². The molecule has 3 N–H and O–H groups in total. The lowest BCUT2D eigenvalue weighted by atomic mass is 10.3. The molecule has 0 aliphatic carbocycles. The molecule has 0 atom stereocenters. The lowest BCUT2D eigenvalue weighted by Gasteiger charge is -2.04. The van der Waals surface area contributed by atoms with Crippen LogP contribution in [0.4, 0.5) is 0 Å². The predicted octanol–water partition coefficient (Wildman–Crippen LogP) is 1.13. The molecule has 6 heteroatoms. The number of nitrogens with two attached hydrogens (primary N) is 1. The number of rotatable bonds is 5. The average molecular weight is 263 g/mol. The second-order valence-electron chi connectivity index (χ2n) is 3.90. The smallest absolute Gasteiger partial charge is 0.188 e. The third-order valence-corrected chi connectivity index (χ3v) is 3.53. The molecule has 18 heavy (non-hydrogen) atoms. The number of thiophene rings is 1. The van der Waals surface area contributed by atoms with E-state index < -0.39 is 0 Å². The highest BCUT2D eigenvalue weighted by atomic mass is 32.1. The van der Waals surface area contributed by atoms with Crippen molar-refractivity contribution in [1.29, 1.82) is 0 Å². The summed E-state index contributed by atoms with van der Waals surface area (Å²) in [6.45, 7) is 1.36. The van der Waals surface area contributed by atoms with E-state index >= 15 is 0 Å². The Bertz CT molecular complexity index is 500. The van der Waals surface area contributed by atoms with Crippen LogP contribution in [0.1, 0.15) is 10.6 Å². The lowest BCUT2D eigenvalue weighted by molar-refractivity contribution is 0.710.